The van der Waals surface area contributed by atoms with Gasteiger partial charge in [0.25, 0.3) is 0 Å². The average molecular weight is 284 g/mol. The van der Waals surface area contributed by atoms with Crippen LogP contribution in [0.15, 0.2) is 29.7 Å². The van der Waals surface area contributed by atoms with Crippen LogP contribution in [0.1, 0.15) is 22.7 Å². The highest BCUT2D eigenvalue weighted by Crippen LogP contribution is 2.43. The third-order valence-corrected chi connectivity index (χ3v) is 3.46. The Bertz CT molecular complexity index is 801. The molecule has 21 heavy (non-hydrogen) atoms. The van der Waals surface area contributed by atoms with Crippen molar-refractivity contribution >= 4 is 0 Å². The van der Waals surface area contributed by atoms with Crippen LogP contribution in [0, 0.1) is 18.3 Å². The first-order chi connectivity index (χ1) is 10.0. The molecule has 106 valence electrons. The maximum absolute atomic E-state index is 9.69. The second kappa shape index (κ2) is 4.45. The number of nitrogens with zero attached hydrogens (tertiary/aromatic N) is 2. The first kappa shape index (κ1) is 12.9. The van der Waals surface area contributed by atoms with E-state index in [1.807, 2.05) is 6.07 Å². The summed E-state index contributed by atoms with van der Waals surface area (Å²) in [6, 6.07) is 6.41. The minimum atomic E-state index is -0.510. The van der Waals surface area contributed by atoms with E-state index in [4.69, 9.17) is 10.5 Å². The number of nitrogens with two attached hydrogens (primary N) is 1. The molecule has 7 heteroatoms. The average Bonchev–Trinajstić information content (AvgIpc) is 2.81. The van der Waals surface area contributed by atoms with Crippen molar-refractivity contribution in [2.75, 3.05) is 0 Å². The highest BCUT2D eigenvalue weighted by molar-refractivity contribution is 5.56. The number of fused-ring (bicyclic) bond motifs is 1. The molecule has 7 nitrogen and oxygen atoms in total. The molecule has 1 unspecified atom stereocenters. The molecule has 2 aromatic rings. The summed E-state index contributed by atoms with van der Waals surface area (Å²) in [5.41, 5.74) is 8.05. The molecule has 0 aliphatic carbocycles. The summed E-state index contributed by atoms with van der Waals surface area (Å²) in [6.07, 6.45) is 0. The molecule has 0 saturated carbocycles. The molecule has 0 radical (unpaired) electrons. The number of phenolic OH excluding ortho intramolecular Hbond substituents is 2. The van der Waals surface area contributed by atoms with E-state index in [2.05, 4.69) is 10.2 Å². The predicted octanol–water partition coefficient (Wildman–Crippen LogP) is 1.35. The molecule has 1 aromatic carbocycles. The fourth-order valence-electron chi connectivity index (χ4n) is 2.45. The number of benzene rings is 1. The molecule has 1 aromatic heterocycles. The van der Waals surface area contributed by atoms with E-state index in [9.17, 15) is 15.5 Å². The van der Waals surface area contributed by atoms with E-state index >= 15 is 0 Å². The Balaban J connectivity index is 2.24. The van der Waals surface area contributed by atoms with Crippen molar-refractivity contribution in [1.82, 2.24) is 10.2 Å². The number of ether oxygens (including phenoxy) is 1. The van der Waals surface area contributed by atoms with Crippen LogP contribution >= 0.6 is 0 Å². The smallest absolute Gasteiger partial charge is 0.244 e. The van der Waals surface area contributed by atoms with Gasteiger partial charge < -0.3 is 20.7 Å². The second-order valence-electron chi connectivity index (χ2n) is 4.74. The lowest BCUT2D eigenvalue weighted by molar-refractivity contribution is 0.378. The fraction of sp³-hybridized carbons (Fsp3) is 0.143. The Morgan fingerprint density at radius 1 is 1.38 bits per heavy atom. The lowest BCUT2D eigenvalue weighted by Gasteiger charge is -2.23. The number of aromatic nitrogens is 2. The first-order valence-electron chi connectivity index (χ1n) is 6.17. The van der Waals surface area contributed by atoms with Crippen LogP contribution in [-0.2, 0) is 0 Å². The summed E-state index contributed by atoms with van der Waals surface area (Å²) in [6.45, 7) is 1.80. The summed E-state index contributed by atoms with van der Waals surface area (Å²) in [4.78, 5) is 0. The van der Waals surface area contributed by atoms with Gasteiger partial charge in [-0.05, 0) is 24.6 Å². The van der Waals surface area contributed by atoms with Crippen molar-refractivity contribution in [3.63, 3.8) is 0 Å². The Kier molecular flexibility index (Phi) is 2.73. The Morgan fingerprint density at radius 2 is 2.14 bits per heavy atom. The molecule has 0 fully saturated rings. The maximum Gasteiger partial charge on any atom is 0.244 e. The van der Waals surface area contributed by atoms with Gasteiger partial charge in [-0.15, -0.1) is 5.10 Å². The molecular formula is C14H12N4O3. The molecule has 1 aliphatic heterocycles. The summed E-state index contributed by atoms with van der Waals surface area (Å²) in [7, 11) is 0. The van der Waals surface area contributed by atoms with Gasteiger partial charge in [-0.2, -0.15) is 5.26 Å². The summed E-state index contributed by atoms with van der Waals surface area (Å²) in [5, 5.41) is 35.3. The zero-order valence-electron chi connectivity index (χ0n) is 11.1. The zero-order valence-corrected chi connectivity index (χ0v) is 11.1. The number of hydrogen-bond acceptors (Lipinski definition) is 6. The number of aromatic amines is 1. The van der Waals surface area contributed by atoms with Crippen LogP contribution < -0.4 is 10.5 Å². The quantitative estimate of drug-likeness (QED) is 0.585. The van der Waals surface area contributed by atoms with Gasteiger partial charge in [0.1, 0.15) is 11.6 Å². The molecule has 1 atom stereocenters. The molecular weight excluding hydrogens is 272 g/mol. The normalized spacial score (nSPS) is 17.0. The first-order valence-corrected chi connectivity index (χ1v) is 6.17. The van der Waals surface area contributed by atoms with E-state index in [0.717, 1.165) is 5.69 Å². The minimum Gasteiger partial charge on any atom is -0.504 e. The molecule has 2 heterocycles. The number of nitrogens with one attached hydrogen (secondary N) is 1. The maximum atomic E-state index is 9.69. The van der Waals surface area contributed by atoms with Crippen molar-refractivity contribution in [3.8, 4) is 23.4 Å². The van der Waals surface area contributed by atoms with Gasteiger partial charge in [0.2, 0.25) is 11.8 Å². The van der Waals surface area contributed by atoms with E-state index < -0.39 is 5.92 Å². The molecule has 0 saturated heterocycles. The SMILES string of the molecule is Cc1[nH]nc2c1C(c1ccc(O)c(O)c1)C(C#N)=C(N)O2. The molecule has 3 rings (SSSR count). The number of rotatable bonds is 1. The van der Waals surface area contributed by atoms with Gasteiger partial charge in [0, 0.05) is 11.3 Å². The number of H-pyrrole nitrogens is 1. The summed E-state index contributed by atoms with van der Waals surface area (Å²) >= 11 is 0. The van der Waals surface area contributed by atoms with Crippen LogP contribution in [-0.4, -0.2) is 20.4 Å². The summed E-state index contributed by atoms with van der Waals surface area (Å²) < 4.78 is 5.34. The number of hydrogen-bond donors (Lipinski definition) is 4. The van der Waals surface area contributed by atoms with Crippen LogP contribution in [0.3, 0.4) is 0 Å². The lowest BCUT2D eigenvalue weighted by atomic mass is 9.84. The standard InChI is InChI=1S/C14H12N4O3/c1-6-11-12(7-2-3-9(19)10(20)4-7)8(5-15)13(16)21-14(11)18-17-6/h2-4,12,19-20H,16H2,1H3,(H,17,18). The van der Waals surface area contributed by atoms with Crippen LogP contribution in [0.25, 0.3) is 0 Å². The number of allylic oxidation sites excluding steroid dienone is 1. The minimum absolute atomic E-state index is 0.0194. The van der Waals surface area contributed by atoms with Crippen molar-refractivity contribution in [3.05, 3.63) is 46.5 Å². The monoisotopic (exact) mass is 284 g/mol. The van der Waals surface area contributed by atoms with Crippen molar-refractivity contribution < 1.29 is 14.9 Å². The number of aryl methyl sites for hydroxylation is 1. The Hall–Kier alpha value is -3.14. The van der Waals surface area contributed by atoms with Gasteiger partial charge >= 0.3 is 0 Å². The highest BCUT2D eigenvalue weighted by Gasteiger charge is 2.34. The summed E-state index contributed by atoms with van der Waals surface area (Å²) in [5.74, 6) is -0.720. The van der Waals surface area contributed by atoms with Crippen LogP contribution in [0.4, 0.5) is 0 Å². The molecule has 0 bridgehead atoms. The zero-order chi connectivity index (χ0) is 15.1. The van der Waals surface area contributed by atoms with Gasteiger partial charge in [0.05, 0.1) is 5.92 Å². The van der Waals surface area contributed by atoms with Crippen molar-refractivity contribution in [1.29, 1.82) is 5.26 Å². The number of nitriles is 1. The topological polar surface area (TPSA) is 128 Å². The van der Waals surface area contributed by atoms with Crippen molar-refractivity contribution in [2.45, 2.75) is 12.8 Å². The third-order valence-electron chi connectivity index (χ3n) is 3.46. The molecule has 1 aliphatic rings. The van der Waals surface area contributed by atoms with Gasteiger partial charge in [-0.25, -0.2) is 0 Å². The highest BCUT2D eigenvalue weighted by atomic mass is 16.5. The van der Waals surface area contributed by atoms with E-state index in [0.29, 0.717) is 17.0 Å². The number of phenols is 2. The fourth-order valence-corrected chi connectivity index (χ4v) is 2.45. The molecule has 0 spiro atoms. The van der Waals surface area contributed by atoms with Crippen molar-refractivity contribution in [2.24, 2.45) is 5.73 Å². The van der Waals surface area contributed by atoms with Crippen LogP contribution in [0.2, 0.25) is 0 Å². The largest absolute Gasteiger partial charge is 0.504 e. The Morgan fingerprint density at radius 3 is 2.81 bits per heavy atom. The van der Waals surface area contributed by atoms with Crippen LogP contribution in [0.5, 0.6) is 17.4 Å². The van der Waals surface area contributed by atoms with E-state index in [1.165, 1.54) is 12.1 Å². The van der Waals surface area contributed by atoms with E-state index in [-0.39, 0.29) is 23.0 Å². The number of aromatic hydroxyl groups is 2. The lowest BCUT2D eigenvalue weighted by Crippen LogP contribution is -2.21. The Labute approximate surface area is 119 Å². The van der Waals surface area contributed by atoms with E-state index in [1.54, 1.807) is 13.0 Å². The predicted molar refractivity (Wildman–Crippen MR) is 72.4 cm³/mol. The van der Waals surface area contributed by atoms with Gasteiger partial charge in [-0.1, -0.05) is 6.07 Å². The second-order valence-corrected chi connectivity index (χ2v) is 4.74. The molecule has 0 amide bonds. The molecule has 5 N–H and O–H groups in total. The third kappa shape index (κ3) is 1.85. The van der Waals surface area contributed by atoms with Gasteiger partial charge in [-0.3, -0.25) is 5.10 Å². The van der Waals surface area contributed by atoms with Gasteiger partial charge in [0.15, 0.2) is 11.5 Å².